The second-order valence-electron chi connectivity index (χ2n) is 5.84. The molecule has 0 radical (unpaired) electrons. The topological polar surface area (TPSA) is 37.3 Å². The minimum Gasteiger partial charge on any atom is -0.481 e. The van der Waals surface area contributed by atoms with Crippen LogP contribution in [0.3, 0.4) is 0 Å². The smallest absolute Gasteiger partial charge is 0.310 e. The number of hydrogen-bond donors (Lipinski definition) is 1. The number of benzene rings is 1. The molecule has 3 unspecified atom stereocenters. The third-order valence-corrected chi connectivity index (χ3v) is 5.36. The molecule has 0 saturated heterocycles. The molecule has 3 rings (SSSR count). The highest BCUT2D eigenvalue weighted by atomic mass is 79.9. The number of aliphatic carboxylic acids is 1. The first-order valence-electron chi connectivity index (χ1n) is 6.58. The van der Waals surface area contributed by atoms with Crippen LogP contribution in [-0.4, -0.2) is 11.1 Å². The van der Waals surface area contributed by atoms with E-state index in [0.717, 1.165) is 29.3 Å². The fraction of sp³-hybridized carbons (Fsp3) is 0.533. The minimum atomic E-state index is -0.586. The van der Waals surface area contributed by atoms with E-state index < -0.39 is 11.4 Å². The Bertz CT molecular complexity index is 468. The molecule has 0 aromatic heterocycles. The Morgan fingerprint density at radius 3 is 2.56 bits per heavy atom. The summed E-state index contributed by atoms with van der Waals surface area (Å²) in [6, 6.07) is 8.08. The van der Waals surface area contributed by atoms with Crippen LogP contribution < -0.4 is 0 Å². The van der Waals surface area contributed by atoms with Crippen molar-refractivity contribution in [3.8, 4) is 0 Å². The fourth-order valence-corrected chi connectivity index (χ4v) is 4.23. The lowest BCUT2D eigenvalue weighted by molar-refractivity contribution is -0.152. The second-order valence-corrected chi connectivity index (χ2v) is 6.76. The van der Waals surface area contributed by atoms with Crippen LogP contribution in [0.1, 0.15) is 31.2 Å². The van der Waals surface area contributed by atoms with E-state index in [0.29, 0.717) is 18.3 Å². The monoisotopic (exact) mass is 308 g/mol. The number of carboxylic acid groups (broad SMARTS) is 1. The third kappa shape index (κ3) is 1.89. The van der Waals surface area contributed by atoms with E-state index in [1.54, 1.807) is 0 Å². The van der Waals surface area contributed by atoms with Gasteiger partial charge in [-0.3, -0.25) is 4.79 Å². The van der Waals surface area contributed by atoms with Gasteiger partial charge in [0.25, 0.3) is 0 Å². The van der Waals surface area contributed by atoms with Crippen molar-refractivity contribution in [3.05, 3.63) is 34.3 Å². The van der Waals surface area contributed by atoms with Crippen LogP contribution in [-0.2, 0) is 11.2 Å². The van der Waals surface area contributed by atoms with Gasteiger partial charge in [-0.25, -0.2) is 0 Å². The third-order valence-electron chi connectivity index (χ3n) is 4.83. The fourth-order valence-electron chi connectivity index (χ4n) is 3.96. The summed E-state index contributed by atoms with van der Waals surface area (Å²) in [6.45, 7) is 0. The number of hydrogen-bond acceptors (Lipinski definition) is 1. The van der Waals surface area contributed by atoms with Crippen molar-refractivity contribution in [1.82, 2.24) is 0 Å². The molecule has 0 heterocycles. The zero-order chi connectivity index (χ0) is 12.8. The molecule has 1 aromatic rings. The van der Waals surface area contributed by atoms with Gasteiger partial charge in [0, 0.05) is 4.47 Å². The Balaban J connectivity index is 1.88. The Morgan fingerprint density at radius 1 is 1.33 bits per heavy atom. The lowest BCUT2D eigenvalue weighted by atomic mass is 9.69. The van der Waals surface area contributed by atoms with Crippen LogP contribution in [0.5, 0.6) is 0 Å². The predicted octanol–water partition coefficient (Wildman–Crippen LogP) is 3.88. The van der Waals surface area contributed by atoms with Crippen LogP contribution in [0.15, 0.2) is 28.7 Å². The molecule has 2 nitrogen and oxygen atoms in total. The Labute approximate surface area is 116 Å². The zero-order valence-electron chi connectivity index (χ0n) is 10.2. The maximum absolute atomic E-state index is 11.8. The highest BCUT2D eigenvalue weighted by molar-refractivity contribution is 9.10. The van der Waals surface area contributed by atoms with E-state index in [1.807, 2.05) is 24.3 Å². The minimum absolute atomic E-state index is 0.392. The van der Waals surface area contributed by atoms with Gasteiger partial charge in [-0.2, -0.15) is 0 Å². The van der Waals surface area contributed by atoms with Gasteiger partial charge < -0.3 is 5.11 Å². The highest BCUT2D eigenvalue weighted by Gasteiger charge is 2.55. The van der Waals surface area contributed by atoms with Crippen molar-refractivity contribution in [2.45, 2.75) is 32.1 Å². The first-order chi connectivity index (χ1) is 8.60. The molecule has 18 heavy (non-hydrogen) atoms. The van der Waals surface area contributed by atoms with E-state index in [1.165, 1.54) is 6.42 Å². The van der Waals surface area contributed by atoms with Crippen molar-refractivity contribution in [2.75, 3.05) is 0 Å². The molecule has 3 heteroatoms. The van der Waals surface area contributed by atoms with E-state index in [9.17, 15) is 9.90 Å². The number of rotatable bonds is 3. The molecular formula is C15H17BrO2. The Kier molecular flexibility index (Phi) is 2.97. The summed E-state index contributed by atoms with van der Waals surface area (Å²) in [5, 5.41) is 9.69. The summed E-state index contributed by atoms with van der Waals surface area (Å²) in [4.78, 5) is 11.8. The average Bonchev–Trinajstić information content (AvgIpc) is 2.93. The number of fused-ring (bicyclic) bond motifs is 2. The highest BCUT2D eigenvalue weighted by Crippen LogP contribution is 2.57. The molecule has 2 aliphatic rings. The Hall–Kier alpha value is -0.830. The van der Waals surface area contributed by atoms with Crippen LogP contribution in [0.2, 0.25) is 0 Å². The van der Waals surface area contributed by atoms with Crippen molar-refractivity contribution in [1.29, 1.82) is 0 Å². The second kappa shape index (κ2) is 4.37. The van der Waals surface area contributed by atoms with Gasteiger partial charge in [0.2, 0.25) is 0 Å². The summed E-state index contributed by atoms with van der Waals surface area (Å²) in [7, 11) is 0. The van der Waals surface area contributed by atoms with Gasteiger partial charge in [-0.15, -0.1) is 0 Å². The van der Waals surface area contributed by atoms with Gasteiger partial charge in [-0.1, -0.05) is 34.5 Å². The summed E-state index contributed by atoms with van der Waals surface area (Å²) in [5.74, 6) is 0.461. The van der Waals surface area contributed by atoms with E-state index in [4.69, 9.17) is 0 Å². The molecule has 2 fully saturated rings. The molecule has 2 saturated carbocycles. The van der Waals surface area contributed by atoms with Crippen molar-refractivity contribution in [3.63, 3.8) is 0 Å². The van der Waals surface area contributed by atoms with Crippen LogP contribution >= 0.6 is 15.9 Å². The van der Waals surface area contributed by atoms with Gasteiger partial charge >= 0.3 is 5.97 Å². The SMILES string of the molecule is O=C(O)C1(Cc2ccc(Br)cc2)CC2CCC1C2. The number of carbonyl (C=O) groups is 1. The first kappa shape index (κ1) is 12.2. The van der Waals surface area contributed by atoms with Gasteiger partial charge in [-0.05, 0) is 55.2 Å². The molecule has 0 amide bonds. The van der Waals surface area contributed by atoms with Crippen molar-refractivity contribution in [2.24, 2.45) is 17.3 Å². The predicted molar refractivity (Wildman–Crippen MR) is 73.4 cm³/mol. The summed E-state index contributed by atoms with van der Waals surface area (Å²) < 4.78 is 1.04. The Morgan fingerprint density at radius 2 is 2.06 bits per heavy atom. The molecule has 96 valence electrons. The van der Waals surface area contributed by atoms with Crippen LogP contribution in [0.25, 0.3) is 0 Å². The van der Waals surface area contributed by atoms with E-state index in [-0.39, 0.29) is 0 Å². The zero-order valence-corrected chi connectivity index (χ0v) is 11.8. The number of carboxylic acids is 1. The maximum atomic E-state index is 11.8. The quantitative estimate of drug-likeness (QED) is 0.920. The largest absolute Gasteiger partial charge is 0.481 e. The lowest BCUT2D eigenvalue weighted by Crippen LogP contribution is -2.38. The van der Waals surface area contributed by atoms with Gasteiger partial charge in [0.1, 0.15) is 0 Å². The van der Waals surface area contributed by atoms with E-state index in [2.05, 4.69) is 15.9 Å². The van der Waals surface area contributed by atoms with Gasteiger partial charge in [0.15, 0.2) is 0 Å². The lowest BCUT2D eigenvalue weighted by Gasteiger charge is -2.33. The van der Waals surface area contributed by atoms with Crippen molar-refractivity contribution >= 4 is 21.9 Å². The molecule has 0 aliphatic heterocycles. The van der Waals surface area contributed by atoms with Crippen LogP contribution in [0.4, 0.5) is 0 Å². The van der Waals surface area contributed by atoms with E-state index >= 15 is 0 Å². The summed E-state index contributed by atoms with van der Waals surface area (Å²) in [6.07, 6.45) is 5.04. The van der Waals surface area contributed by atoms with Crippen LogP contribution in [0, 0.1) is 17.3 Å². The molecule has 1 N–H and O–H groups in total. The first-order valence-corrected chi connectivity index (χ1v) is 7.37. The number of halogens is 1. The average molecular weight is 309 g/mol. The summed E-state index contributed by atoms with van der Waals surface area (Å²) in [5.41, 5.74) is 0.657. The van der Waals surface area contributed by atoms with Crippen molar-refractivity contribution < 1.29 is 9.90 Å². The molecular weight excluding hydrogens is 292 g/mol. The standard InChI is InChI=1S/C15H17BrO2/c16-13-5-2-10(3-6-13)8-15(14(17)18)9-11-1-4-12(15)7-11/h2-3,5-6,11-12H,1,4,7-9H2,(H,17,18). The van der Waals surface area contributed by atoms with Gasteiger partial charge in [0.05, 0.1) is 5.41 Å². The molecule has 2 aliphatic carbocycles. The maximum Gasteiger partial charge on any atom is 0.310 e. The summed E-state index contributed by atoms with van der Waals surface area (Å²) >= 11 is 3.42. The molecule has 0 spiro atoms. The molecule has 2 bridgehead atoms. The molecule has 3 atom stereocenters. The molecule has 1 aromatic carbocycles. The normalized spacial score (nSPS) is 33.8.